The van der Waals surface area contributed by atoms with Crippen molar-refractivity contribution in [3.63, 3.8) is 0 Å². The molecule has 5 aromatic rings. The summed E-state index contributed by atoms with van der Waals surface area (Å²) in [5.74, 6) is -0.275. The van der Waals surface area contributed by atoms with Crippen LogP contribution >= 0.6 is 34.0 Å². The molecule has 3 aromatic heterocycles. The molecule has 4 heterocycles. The SMILES string of the molecule is O=C(C=Cc1ccc([N+](=O)[O-])s1)Nc1sc2c(c1-c1nc3ccccc3s1)CCN(Cc1ccccc1)C2. The monoisotopic (exact) mass is 558 g/mol. The van der Waals surface area contributed by atoms with Crippen molar-refractivity contribution >= 4 is 66.2 Å². The number of hydrogen-bond donors (Lipinski definition) is 1. The Bertz CT molecular complexity index is 1640. The number of nitrogens with zero attached hydrogens (tertiary/aromatic N) is 3. The summed E-state index contributed by atoms with van der Waals surface area (Å²) < 4.78 is 1.11. The first-order chi connectivity index (χ1) is 18.5. The van der Waals surface area contributed by atoms with Crippen LogP contribution in [-0.2, 0) is 24.3 Å². The molecular weight excluding hydrogens is 537 g/mol. The number of amides is 1. The Balaban J connectivity index is 1.30. The molecule has 38 heavy (non-hydrogen) atoms. The van der Waals surface area contributed by atoms with Crippen LogP contribution in [0.4, 0.5) is 10.0 Å². The van der Waals surface area contributed by atoms with Gasteiger partial charge < -0.3 is 5.32 Å². The van der Waals surface area contributed by atoms with E-state index in [9.17, 15) is 14.9 Å². The van der Waals surface area contributed by atoms with Crippen molar-refractivity contribution < 1.29 is 9.72 Å². The fourth-order valence-electron chi connectivity index (χ4n) is 4.57. The van der Waals surface area contributed by atoms with Gasteiger partial charge in [-0.1, -0.05) is 53.8 Å². The minimum atomic E-state index is -0.427. The number of fused-ring (bicyclic) bond motifs is 2. The first-order valence-corrected chi connectivity index (χ1v) is 14.5. The van der Waals surface area contributed by atoms with E-state index in [-0.39, 0.29) is 10.9 Å². The molecule has 1 aliphatic heterocycles. The summed E-state index contributed by atoms with van der Waals surface area (Å²) in [6.45, 7) is 2.63. The average molecular weight is 559 g/mol. The highest BCUT2D eigenvalue weighted by atomic mass is 32.1. The number of anilines is 1. The van der Waals surface area contributed by atoms with Gasteiger partial charge in [0, 0.05) is 47.1 Å². The number of carbonyl (C=O) groups excluding carboxylic acids is 1. The van der Waals surface area contributed by atoms with Gasteiger partial charge in [0.2, 0.25) is 5.91 Å². The van der Waals surface area contributed by atoms with E-state index in [4.69, 9.17) is 4.98 Å². The Morgan fingerprint density at radius 3 is 2.66 bits per heavy atom. The van der Waals surface area contributed by atoms with E-state index < -0.39 is 4.92 Å². The summed E-state index contributed by atoms with van der Waals surface area (Å²) in [5, 5.41) is 15.8. The zero-order valence-corrected chi connectivity index (χ0v) is 22.6. The van der Waals surface area contributed by atoms with Gasteiger partial charge in [0.25, 0.3) is 0 Å². The van der Waals surface area contributed by atoms with Gasteiger partial charge in [0.15, 0.2) is 0 Å². The van der Waals surface area contributed by atoms with Crippen LogP contribution < -0.4 is 5.32 Å². The van der Waals surface area contributed by atoms with Gasteiger partial charge in [-0.3, -0.25) is 19.8 Å². The molecule has 0 radical (unpaired) electrons. The van der Waals surface area contributed by atoms with Crippen LogP contribution in [0.3, 0.4) is 0 Å². The quantitative estimate of drug-likeness (QED) is 0.130. The molecule has 0 unspecified atom stereocenters. The molecule has 1 amide bonds. The number of thiazole rings is 1. The predicted octanol–water partition coefficient (Wildman–Crippen LogP) is 7.20. The Morgan fingerprint density at radius 2 is 1.87 bits per heavy atom. The molecule has 0 saturated carbocycles. The Hall–Kier alpha value is -3.70. The smallest absolute Gasteiger partial charge is 0.313 e. The number of thiophene rings is 2. The average Bonchev–Trinajstić information content (AvgIpc) is 3.64. The number of carbonyl (C=O) groups is 1. The van der Waals surface area contributed by atoms with Crippen LogP contribution in [0.1, 0.15) is 20.9 Å². The van der Waals surface area contributed by atoms with Gasteiger partial charge in [0.05, 0.1) is 15.1 Å². The van der Waals surface area contributed by atoms with Gasteiger partial charge in [-0.15, -0.1) is 22.7 Å². The van der Waals surface area contributed by atoms with Gasteiger partial charge >= 0.3 is 5.00 Å². The maximum atomic E-state index is 13.0. The summed E-state index contributed by atoms with van der Waals surface area (Å²) in [5.41, 5.74) is 4.50. The minimum absolute atomic E-state index is 0.0502. The number of aromatic nitrogens is 1. The molecule has 190 valence electrons. The number of hydrogen-bond acceptors (Lipinski definition) is 8. The Kier molecular flexibility index (Phi) is 6.86. The second-order valence-electron chi connectivity index (χ2n) is 8.90. The second kappa shape index (κ2) is 10.6. The standard InChI is InChI=1S/C28H22N4O3S3/c33-24(12-10-19-11-13-25(36-19)32(34)35)30-28-26(27-29-21-8-4-5-9-22(21)37-27)20-14-15-31(17-23(20)38-28)16-18-6-2-1-3-7-18/h1-13H,14-17H2,(H,30,33). The van der Waals surface area contributed by atoms with Crippen molar-refractivity contribution in [3.8, 4) is 10.6 Å². The molecule has 1 aliphatic rings. The number of nitrogens with one attached hydrogen (secondary N) is 1. The van der Waals surface area contributed by atoms with Crippen molar-refractivity contribution in [2.45, 2.75) is 19.5 Å². The zero-order valence-electron chi connectivity index (χ0n) is 20.1. The van der Waals surface area contributed by atoms with Crippen LogP contribution in [0.25, 0.3) is 26.9 Å². The van der Waals surface area contributed by atoms with Crippen LogP contribution in [0.5, 0.6) is 0 Å². The maximum Gasteiger partial charge on any atom is 0.324 e. The lowest BCUT2D eigenvalue weighted by molar-refractivity contribution is -0.380. The third-order valence-corrected chi connectivity index (χ3v) is 9.51. The Morgan fingerprint density at radius 1 is 1.05 bits per heavy atom. The fourth-order valence-corrected chi connectivity index (χ4v) is 7.70. The number of benzene rings is 2. The largest absolute Gasteiger partial charge is 0.324 e. The molecule has 0 bridgehead atoms. The van der Waals surface area contributed by atoms with Crippen LogP contribution in [0, 0.1) is 10.1 Å². The molecule has 0 aliphatic carbocycles. The van der Waals surface area contributed by atoms with Crippen LogP contribution in [-0.4, -0.2) is 27.3 Å². The van der Waals surface area contributed by atoms with E-state index in [0.717, 1.165) is 63.2 Å². The highest BCUT2D eigenvalue weighted by Crippen LogP contribution is 2.45. The van der Waals surface area contributed by atoms with Gasteiger partial charge in [-0.2, -0.15) is 0 Å². The van der Waals surface area contributed by atoms with Gasteiger partial charge in [0.1, 0.15) is 10.0 Å². The minimum Gasteiger partial charge on any atom is -0.313 e. The molecule has 7 nitrogen and oxygen atoms in total. The van der Waals surface area contributed by atoms with E-state index >= 15 is 0 Å². The molecular formula is C28H22N4O3S3. The normalized spacial score (nSPS) is 13.7. The first-order valence-electron chi connectivity index (χ1n) is 12.0. The molecule has 0 saturated heterocycles. The summed E-state index contributed by atoms with van der Waals surface area (Å²) in [4.78, 5) is 32.7. The zero-order chi connectivity index (χ0) is 26.1. The van der Waals surface area contributed by atoms with Crippen LogP contribution in [0.2, 0.25) is 0 Å². The molecule has 2 aromatic carbocycles. The van der Waals surface area contributed by atoms with Crippen molar-refractivity contribution in [1.82, 2.24) is 9.88 Å². The van der Waals surface area contributed by atoms with Crippen molar-refractivity contribution in [3.05, 3.63) is 104 Å². The summed E-state index contributed by atoms with van der Waals surface area (Å²) in [6.07, 6.45) is 3.92. The van der Waals surface area contributed by atoms with Crippen molar-refractivity contribution in [1.29, 1.82) is 0 Å². The fraction of sp³-hybridized carbons (Fsp3) is 0.143. The van der Waals surface area contributed by atoms with E-state index in [0.29, 0.717) is 4.88 Å². The molecule has 0 fully saturated rings. The molecule has 0 spiro atoms. The summed E-state index contributed by atoms with van der Waals surface area (Å²) in [7, 11) is 0. The molecule has 6 rings (SSSR count). The highest BCUT2D eigenvalue weighted by Gasteiger charge is 2.27. The van der Waals surface area contributed by atoms with Crippen molar-refractivity contribution in [2.75, 3.05) is 11.9 Å². The summed E-state index contributed by atoms with van der Waals surface area (Å²) in [6, 6.07) is 21.6. The van der Waals surface area contributed by atoms with Crippen molar-refractivity contribution in [2.24, 2.45) is 0 Å². The van der Waals surface area contributed by atoms with Gasteiger partial charge in [-0.25, -0.2) is 4.98 Å². The topological polar surface area (TPSA) is 88.4 Å². The van der Waals surface area contributed by atoms with E-state index in [2.05, 4.69) is 40.5 Å². The lowest BCUT2D eigenvalue weighted by atomic mass is 10.0. The number of rotatable bonds is 7. The third kappa shape index (κ3) is 5.16. The first kappa shape index (κ1) is 24.6. The lowest BCUT2D eigenvalue weighted by Crippen LogP contribution is -2.29. The second-order valence-corrected chi connectivity index (χ2v) is 12.1. The molecule has 10 heteroatoms. The van der Waals surface area contributed by atoms with E-state index in [1.165, 1.54) is 28.1 Å². The molecule has 1 N–H and O–H groups in total. The highest BCUT2D eigenvalue weighted by molar-refractivity contribution is 7.23. The Labute approximate surface area is 230 Å². The number of para-hydroxylation sites is 1. The number of nitro groups is 1. The van der Waals surface area contributed by atoms with E-state index in [1.807, 2.05) is 24.3 Å². The van der Waals surface area contributed by atoms with E-state index in [1.54, 1.807) is 34.8 Å². The predicted molar refractivity (Wildman–Crippen MR) is 156 cm³/mol. The van der Waals surface area contributed by atoms with Crippen LogP contribution in [0.15, 0.2) is 72.8 Å². The molecule has 0 atom stereocenters. The lowest BCUT2D eigenvalue weighted by Gasteiger charge is -2.27. The van der Waals surface area contributed by atoms with Gasteiger partial charge in [-0.05, 0) is 41.8 Å². The summed E-state index contributed by atoms with van der Waals surface area (Å²) >= 11 is 4.29. The third-order valence-electron chi connectivity index (χ3n) is 6.32. The maximum absolute atomic E-state index is 13.0.